The monoisotopic (exact) mass is 396 g/mol. The number of sulfonamides is 1. The van der Waals surface area contributed by atoms with Gasteiger partial charge in [-0.15, -0.1) is 16.9 Å². The van der Waals surface area contributed by atoms with Gasteiger partial charge in [-0.2, -0.15) is 0 Å². The summed E-state index contributed by atoms with van der Waals surface area (Å²) < 4.78 is 24.6. The predicted molar refractivity (Wildman–Crippen MR) is 103 cm³/mol. The molecule has 0 amide bonds. The van der Waals surface area contributed by atoms with Gasteiger partial charge in [0.05, 0.1) is 0 Å². The van der Waals surface area contributed by atoms with Crippen LogP contribution in [0.3, 0.4) is 0 Å². The first kappa shape index (κ1) is 19.9. The van der Waals surface area contributed by atoms with Gasteiger partial charge in [-0.05, 0) is 23.8 Å². The summed E-state index contributed by atoms with van der Waals surface area (Å²) in [4.78, 5) is 4.28. The highest BCUT2D eigenvalue weighted by atomic mass is 32.2. The first-order chi connectivity index (χ1) is 12.3. The van der Waals surface area contributed by atoms with Crippen molar-refractivity contribution in [1.82, 2.24) is 10.5 Å². The quantitative estimate of drug-likeness (QED) is 0.113. The average molecular weight is 397 g/mol. The third-order valence-corrected chi connectivity index (χ3v) is 5.53. The SMILES string of the molecule is NCCSc1ccc(-c2ccc(N)nc2)c(/C(N)=N/NN)c1S(N)(=O)=O. The van der Waals surface area contributed by atoms with Gasteiger partial charge in [0, 0.05) is 34.5 Å². The van der Waals surface area contributed by atoms with Crippen molar-refractivity contribution >= 4 is 33.4 Å². The van der Waals surface area contributed by atoms with E-state index >= 15 is 0 Å². The largest absolute Gasteiger partial charge is 0.384 e. The fraction of sp³-hybridized carbons (Fsp3) is 0.143. The summed E-state index contributed by atoms with van der Waals surface area (Å²) in [5.41, 5.74) is 20.3. The molecule has 0 fully saturated rings. The molecule has 0 spiro atoms. The number of nitrogen functional groups attached to an aromatic ring is 1. The Morgan fingerprint density at radius 3 is 2.54 bits per heavy atom. The van der Waals surface area contributed by atoms with Crippen LogP contribution in [0, 0.1) is 0 Å². The zero-order valence-corrected chi connectivity index (χ0v) is 15.3. The number of amidine groups is 1. The molecule has 0 saturated heterocycles. The minimum atomic E-state index is -4.13. The number of anilines is 1. The number of aromatic nitrogens is 1. The van der Waals surface area contributed by atoms with Crippen LogP contribution < -0.4 is 33.7 Å². The predicted octanol–water partition coefficient (Wildman–Crippen LogP) is -0.887. The van der Waals surface area contributed by atoms with Crippen LogP contribution in [0.5, 0.6) is 0 Å². The maximum absolute atomic E-state index is 12.3. The van der Waals surface area contributed by atoms with Crippen LogP contribution in [0.2, 0.25) is 0 Å². The number of pyridine rings is 1. The number of thioether (sulfide) groups is 1. The van der Waals surface area contributed by atoms with Gasteiger partial charge in [0.1, 0.15) is 10.7 Å². The van der Waals surface area contributed by atoms with Crippen LogP contribution in [-0.4, -0.2) is 31.5 Å². The second-order valence-corrected chi connectivity index (χ2v) is 7.73. The first-order valence-corrected chi connectivity index (χ1v) is 9.86. The molecule has 0 aliphatic carbocycles. The summed E-state index contributed by atoms with van der Waals surface area (Å²) in [7, 11) is -4.13. The summed E-state index contributed by atoms with van der Waals surface area (Å²) in [6.45, 7) is 0.363. The average Bonchev–Trinajstić information content (AvgIpc) is 2.59. The molecule has 140 valence electrons. The van der Waals surface area contributed by atoms with Gasteiger partial charge in [-0.25, -0.2) is 29.9 Å². The van der Waals surface area contributed by atoms with Crippen molar-refractivity contribution in [3.05, 3.63) is 36.0 Å². The molecule has 0 bridgehead atoms. The number of nitrogens with zero attached hydrogens (tertiary/aromatic N) is 2. The Balaban J connectivity index is 2.84. The Hall–Kier alpha value is -2.38. The van der Waals surface area contributed by atoms with Gasteiger partial charge in [-0.1, -0.05) is 6.07 Å². The molecule has 0 atom stereocenters. The van der Waals surface area contributed by atoms with Crippen LogP contribution >= 0.6 is 11.8 Å². The van der Waals surface area contributed by atoms with E-state index in [4.69, 9.17) is 28.2 Å². The molecule has 0 radical (unpaired) electrons. The molecule has 1 aromatic carbocycles. The third-order valence-electron chi connectivity index (χ3n) is 3.32. The van der Waals surface area contributed by atoms with E-state index in [1.807, 2.05) is 0 Å². The molecule has 10 nitrogen and oxygen atoms in total. The number of primary sulfonamides is 1. The maximum atomic E-state index is 12.3. The second-order valence-electron chi connectivity index (χ2n) is 5.10. The molecule has 0 unspecified atom stereocenters. The third kappa shape index (κ3) is 4.42. The minimum Gasteiger partial charge on any atom is -0.384 e. The molecule has 1 heterocycles. The number of hydrazine groups is 1. The van der Waals surface area contributed by atoms with Crippen LogP contribution in [0.4, 0.5) is 5.82 Å². The van der Waals surface area contributed by atoms with Gasteiger partial charge in [0.25, 0.3) is 0 Å². The Morgan fingerprint density at radius 1 is 1.27 bits per heavy atom. The van der Waals surface area contributed by atoms with Gasteiger partial charge < -0.3 is 17.2 Å². The van der Waals surface area contributed by atoms with Crippen molar-refractivity contribution in [2.45, 2.75) is 9.79 Å². The number of nitrogens with two attached hydrogens (primary N) is 5. The van der Waals surface area contributed by atoms with Crippen molar-refractivity contribution in [1.29, 1.82) is 0 Å². The minimum absolute atomic E-state index is 0.124. The lowest BCUT2D eigenvalue weighted by Crippen LogP contribution is -2.27. The molecule has 0 aliphatic heterocycles. The van der Waals surface area contributed by atoms with Crippen molar-refractivity contribution in [3.8, 4) is 11.1 Å². The normalized spacial score (nSPS) is 12.2. The molecular formula is C14H20N8O2S2. The van der Waals surface area contributed by atoms with E-state index in [1.165, 1.54) is 18.0 Å². The number of hydrogen-bond donors (Lipinski definition) is 6. The Bertz CT molecular complexity index is 913. The molecule has 12 heteroatoms. The Morgan fingerprint density at radius 2 is 2.00 bits per heavy atom. The molecule has 1 aromatic heterocycles. The standard InChI is InChI=1S/C14H20N8O2S2/c15-5-6-25-10-3-2-9(8-1-4-11(16)20-7-8)12(14(17)21-22-18)13(10)26(19,23)24/h1-4,7,22H,5-6,15,18H2,(H2,16,20)(H2,17,21)(H2,19,23,24). The van der Waals surface area contributed by atoms with Gasteiger partial charge in [0.2, 0.25) is 10.0 Å². The van der Waals surface area contributed by atoms with E-state index in [2.05, 4.69) is 15.6 Å². The lowest BCUT2D eigenvalue weighted by molar-refractivity contribution is 0.595. The molecule has 0 aliphatic rings. The number of rotatable bonds is 7. The highest BCUT2D eigenvalue weighted by molar-refractivity contribution is 8.00. The highest BCUT2D eigenvalue weighted by Crippen LogP contribution is 2.35. The van der Waals surface area contributed by atoms with Crippen LogP contribution in [0.1, 0.15) is 5.56 Å². The van der Waals surface area contributed by atoms with Crippen molar-refractivity contribution in [3.63, 3.8) is 0 Å². The Kier molecular flexibility index (Phi) is 6.39. The zero-order chi connectivity index (χ0) is 19.3. The fourth-order valence-corrected chi connectivity index (χ4v) is 4.42. The number of hydrazone groups is 1. The van der Waals surface area contributed by atoms with Crippen LogP contribution in [0.15, 0.2) is 45.4 Å². The van der Waals surface area contributed by atoms with Crippen LogP contribution in [0.25, 0.3) is 11.1 Å². The second kappa shape index (κ2) is 8.33. The van der Waals surface area contributed by atoms with E-state index in [-0.39, 0.29) is 16.3 Å². The van der Waals surface area contributed by atoms with Crippen LogP contribution in [-0.2, 0) is 10.0 Å². The molecular weight excluding hydrogens is 376 g/mol. The Labute approximate surface area is 155 Å². The summed E-state index contributed by atoms with van der Waals surface area (Å²) in [6, 6.07) is 6.61. The number of nitrogens with one attached hydrogen (secondary N) is 1. The number of hydrogen-bond acceptors (Lipinski definition) is 9. The first-order valence-electron chi connectivity index (χ1n) is 7.33. The summed E-state index contributed by atoms with van der Waals surface area (Å²) in [5.74, 6) is 5.88. The van der Waals surface area contributed by atoms with Crippen molar-refractivity contribution in [2.24, 2.45) is 27.6 Å². The molecule has 26 heavy (non-hydrogen) atoms. The van der Waals surface area contributed by atoms with Gasteiger partial charge in [-0.3, -0.25) is 0 Å². The van der Waals surface area contributed by atoms with Gasteiger partial charge >= 0.3 is 0 Å². The summed E-state index contributed by atoms with van der Waals surface area (Å²) in [5, 5.41) is 9.18. The number of benzene rings is 1. The molecule has 11 N–H and O–H groups in total. The zero-order valence-electron chi connectivity index (χ0n) is 13.7. The molecule has 0 saturated carbocycles. The van der Waals surface area contributed by atoms with Crippen molar-refractivity contribution < 1.29 is 8.42 Å². The van der Waals surface area contributed by atoms with E-state index < -0.39 is 10.0 Å². The van der Waals surface area contributed by atoms with Crippen molar-refractivity contribution in [2.75, 3.05) is 18.0 Å². The lowest BCUT2D eigenvalue weighted by Gasteiger charge is -2.17. The lowest BCUT2D eigenvalue weighted by atomic mass is 10.00. The fourth-order valence-electron chi connectivity index (χ4n) is 2.31. The van der Waals surface area contributed by atoms with E-state index in [0.717, 1.165) is 0 Å². The molecule has 2 aromatic rings. The van der Waals surface area contributed by atoms with E-state index in [1.54, 1.807) is 24.3 Å². The summed E-state index contributed by atoms with van der Waals surface area (Å²) in [6.07, 6.45) is 1.50. The maximum Gasteiger partial charge on any atom is 0.239 e. The summed E-state index contributed by atoms with van der Waals surface area (Å²) >= 11 is 1.25. The topological polar surface area (TPSA) is 202 Å². The molecule has 2 rings (SSSR count). The highest BCUT2D eigenvalue weighted by Gasteiger charge is 2.25. The smallest absolute Gasteiger partial charge is 0.239 e. The van der Waals surface area contributed by atoms with E-state index in [0.29, 0.717) is 34.1 Å². The van der Waals surface area contributed by atoms with Gasteiger partial charge in [0.15, 0.2) is 5.84 Å². The van der Waals surface area contributed by atoms with E-state index in [9.17, 15) is 8.42 Å².